The van der Waals surface area contributed by atoms with Crippen LogP contribution in [0.4, 0.5) is 0 Å². The quantitative estimate of drug-likeness (QED) is 0.343. The lowest BCUT2D eigenvalue weighted by atomic mass is 9.99. The standard InChI is InChI=1S/C8H14ClNO/c9-7-3-1-2-4-8(10-11)6-5-7/h7,11H,1-6H2/b10-8+. The summed E-state index contributed by atoms with van der Waals surface area (Å²) in [6, 6.07) is 0. The molecule has 0 amide bonds. The van der Waals surface area contributed by atoms with Crippen molar-refractivity contribution in [3.05, 3.63) is 0 Å². The Kier molecular flexibility index (Phi) is 3.70. The number of alkyl halides is 1. The molecule has 0 spiro atoms. The first-order valence-corrected chi connectivity index (χ1v) is 4.60. The third-order valence-corrected chi connectivity index (χ3v) is 2.56. The summed E-state index contributed by atoms with van der Waals surface area (Å²) in [5.74, 6) is 0. The SMILES string of the molecule is O/N=C1\CCCCC(Cl)CC1. The third-order valence-electron chi connectivity index (χ3n) is 2.12. The molecule has 0 bridgehead atoms. The van der Waals surface area contributed by atoms with E-state index in [0.717, 1.165) is 44.2 Å². The van der Waals surface area contributed by atoms with Gasteiger partial charge in [0.15, 0.2) is 0 Å². The van der Waals surface area contributed by atoms with Gasteiger partial charge in [0.1, 0.15) is 0 Å². The lowest BCUT2D eigenvalue weighted by Crippen LogP contribution is -2.08. The van der Waals surface area contributed by atoms with Crippen molar-refractivity contribution in [1.29, 1.82) is 0 Å². The first kappa shape index (κ1) is 8.85. The van der Waals surface area contributed by atoms with E-state index in [4.69, 9.17) is 16.8 Å². The molecule has 1 fully saturated rings. The minimum absolute atomic E-state index is 0.284. The van der Waals surface area contributed by atoms with Gasteiger partial charge in [-0.15, -0.1) is 11.6 Å². The molecule has 0 aliphatic heterocycles. The predicted octanol–water partition coefficient (Wildman–Crippen LogP) is 2.78. The van der Waals surface area contributed by atoms with Crippen LogP contribution in [-0.2, 0) is 0 Å². The monoisotopic (exact) mass is 175 g/mol. The molecule has 1 aliphatic carbocycles. The van der Waals surface area contributed by atoms with E-state index in [2.05, 4.69) is 5.16 Å². The molecule has 0 radical (unpaired) electrons. The summed E-state index contributed by atoms with van der Waals surface area (Å²) in [6.07, 6.45) is 6.15. The summed E-state index contributed by atoms with van der Waals surface area (Å²) < 4.78 is 0. The largest absolute Gasteiger partial charge is 0.411 e. The summed E-state index contributed by atoms with van der Waals surface area (Å²) in [4.78, 5) is 0. The average Bonchev–Trinajstić information content (AvgIpc) is 1.98. The van der Waals surface area contributed by atoms with Crippen molar-refractivity contribution in [3.63, 3.8) is 0 Å². The molecular formula is C8H14ClNO. The fraction of sp³-hybridized carbons (Fsp3) is 0.875. The van der Waals surface area contributed by atoms with Crippen LogP contribution in [0.2, 0.25) is 0 Å². The van der Waals surface area contributed by atoms with Gasteiger partial charge in [-0.25, -0.2) is 0 Å². The van der Waals surface area contributed by atoms with Gasteiger partial charge in [0.05, 0.1) is 5.71 Å². The van der Waals surface area contributed by atoms with E-state index in [1.165, 1.54) is 0 Å². The Morgan fingerprint density at radius 2 is 2.09 bits per heavy atom. The molecule has 0 heterocycles. The minimum Gasteiger partial charge on any atom is -0.411 e. The van der Waals surface area contributed by atoms with E-state index in [9.17, 15) is 0 Å². The maximum Gasteiger partial charge on any atom is 0.0571 e. The summed E-state index contributed by atoms with van der Waals surface area (Å²) >= 11 is 5.98. The van der Waals surface area contributed by atoms with Crippen LogP contribution >= 0.6 is 11.6 Å². The van der Waals surface area contributed by atoms with Crippen LogP contribution in [0.3, 0.4) is 0 Å². The fourth-order valence-corrected chi connectivity index (χ4v) is 1.65. The summed E-state index contributed by atoms with van der Waals surface area (Å²) in [5.41, 5.74) is 0.912. The van der Waals surface area contributed by atoms with E-state index in [-0.39, 0.29) is 5.38 Å². The maximum atomic E-state index is 8.54. The number of rotatable bonds is 0. The van der Waals surface area contributed by atoms with Crippen molar-refractivity contribution in [3.8, 4) is 0 Å². The minimum atomic E-state index is 0.284. The Balaban J connectivity index is 2.38. The van der Waals surface area contributed by atoms with E-state index in [1.54, 1.807) is 0 Å². The molecule has 11 heavy (non-hydrogen) atoms. The van der Waals surface area contributed by atoms with Crippen molar-refractivity contribution >= 4 is 17.3 Å². The Hall–Kier alpha value is -0.240. The van der Waals surface area contributed by atoms with Gasteiger partial charge >= 0.3 is 0 Å². The first-order chi connectivity index (χ1) is 5.33. The van der Waals surface area contributed by atoms with Gasteiger partial charge in [-0.1, -0.05) is 11.6 Å². The first-order valence-electron chi connectivity index (χ1n) is 4.17. The highest BCUT2D eigenvalue weighted by Gasteiger charge is 2.11. The van der Waals surface area contributed by atoms with Gasteiger partial charge in [-0.3, -0.25) is 0 Å². The normalized spacial score (nSPS) is 31.4. The van der Waals surface area contributed by atoms with Crippen molar-refractivity contribution in [1.82, 2.24) is 0 Å². The van der Waals surface area contributed by atoms with E-state index in [1.807, 2.05) is 0 Å². The summed E-state index contributed by atoms with van der Waals surface area (Å²) in [7, 11) is 0. The van der Waals surface area contributed by atoms with Crippen LogP contribution in [-0.4, -0.2) is 16.3 Å². The summed E-state index contributed by atoms with van der Waals surface area (Å²) in [5, 5.41) is 12.1. The summed E-state index contributed by atoms with van der Waals surface area (Å²) in [6.45, 7) is 0. The molecule has 1 aliphatic rings. The molecule has 1 unspecified atom stereocenters. The molecule has 64 valence electrons. The molecule has 0 aromatic carbocycles. The smallest absolute Gasteiger partial charge is 0.0571 e. The Labute approximate surface area is 72.2 Å². The zero-order chi connectivity index (χ0) is 8.10. The average molecular weight is 176 g/mol. The highest BCUT2D eigenvalue weighted by molar-refractivity contribution is 6.20. The van der Waals surface area contributed by atoms with E-state index < -0.39 is 0 Å². The molecular weight excluding hydrogens is 162 g/mol. The van der Waals surface area contributed by atoms with Gasteiger partial charge < -0.3 is 5.21 Å². The molecule has 1 saturated carbocycles. The van der Waals surface area contributed by atoms with E-state index in [0.29, 0.717) is 0 Å². The number of oxime groups is 1. The highest BCUT2D eigenvalue weighted by Crippen LogP contribution is 2.19. The number of hydrogen-bond acceptors (Lipinski definition) is 2. The topological polar surface area (TPSA) is 32.6 Å². The third kappa shape index (κ3) is 3.10. The fourth-order valence-electron chi connectivity index (χ4n) is 1.39. The number of nitrogens with zero attached hydrogens (tertiary/aromatic N) is 1. The van der Waals surface area contributed by atoms with Gasteiger partial charge in [0.2, 0.25) is 0 Å². The molecule has 2 nitrogen and oxygen atoms in total. The zero-order valence-electron chi connectivity index (χ0n) is 6.59. The van der Waals surface area contributed by atoms with Crippen LogP contribution in [0.25, 0.3) is 0 Å². The molecule has 1 rings (SSSR count). The Bertz CT molecular complexity index is 147. The van der Waals surface area contributed by atoms with Crippen LogP contribution in [0, 0.1) is 0 Å². The molecule has 1 N–H and O–H groups in total. The Morgan fingerprint density at radius 3 is 2.82 bits per heavy atom. The van der Waals surface area contributed by atoms with Gasteiger partial charge in [0.25, 0.3) is 0 Å². The Morgan fingerprint density at radius 1 is 1.27 bits per heavy atom. The van der Waals surface area contributed by atoms with Gasteiger partial charge in [0, 0.05) is 5.38 Å². The lowest BCUT2D eigenvalue weighted by molar-refractivity contribution is 0.315. The number of halogens is 1. The highest BCUT2D eigenvalue weighted by atomic mass is 35.5. The van der Waals surface area contributed by atoms with Gasteiger partial charge in [-0.05, 0) is 32.1 Å². The van der Waals surface area contributed by atoms with Crippen LogP contribution in [0.5, 0.6) is 0 Å². The molecule has 3 heteroatoms. The van der Waals surface area contributed by atoms with Crippen LogP contribution in [0.15, 0.2) is 5.16 Å². The predicted molar refractivity (Wildman–Crippen MR) is 46.6 cm³/mol. The molecule has 0 aromatic rings. The van der Waals surface area contributed by atoms with Crippen molar-refractivity contribution in [2.24, 2.45) is 5.16 Å². The van der Waals surface area contributed by atoms with E-state index >= 15 is 0 Å². The van der Waals surface area contributed by atoms with Crippen LogP contribution in [0.1, 0.15) is 38.5 Å². The second kappa shape index (κ2) is 4.60. The zero-order valence-corrected chi connectivity index (χ0v) is 7.35. The molecule has 0 aromatic heterocycles. The maximum absolute atomic E-state index is 8.54. The molecule has 0 saturated heterocycles. The van der Waals surface area contributed by atoms with Gasteiger partial charge in [-0.2, -0.15) is 0 Å². The number of hydrogen-bond donors (Lipinski definition) is 1. The lowest BCUT2D eigenvalue weighted by Gasteiger charge is -2.13. The second-order valence-electron chi connectivity index (χ2n) is 3.05. The second-order valence-corrected chi connectivity index (χ2v) is 3.67. The molecule has 1 atom stereocenters. The van der Waals surface area contributed by atoms with Crippen LogP contribution < -0.4 is 0 Å². The van der Waals surface area contributed by atoms with Crippen molar-refractivity contribution in [2.45, 2.75) is 43.9 Å². The van der Waals surface area contributed by atoms with Crippen molar-refractivity contribution < 1.29 is 5.21 Å². The van der Waals surface area contributed by atoms with Crippen molar-refractivity contribution in [2.75, 3.05) is 0 Å².